The number of methoxy groups -OCH3 is 2. The summed E-state index contributed by atoms with van der Waals surface area (Å²) in [5.41, 5.74) is 1.13. The molecule has 0 aliphatic rings. The summed E-state index contributed by atoms with van der Waals surface area (Å²) < 4.78 is 12.3. The van der Waals surface area contributed by atoms with Crippen LogP contribution in [0.5, 0.6) is 5.75 Å². The number of hydrogen-bond donors (Lipinski definition) is 1. The zero-order chi connectivity index (χ0) is 13.8. The summed E-state index contributed by atoms with van der Waals surface area (Å²) in [6.07, 6.45) is 0. The fourth-order valence-electron chi connectivity index (χ4n) is 1.66. The minimum Gasteiger partial charge on any atom is -0.494 e. The smallest absolute Gasteiger partial charge is 0.147 e. The highest BCUT2D eigenvalue weighted by Gasteiger charge is 2.17. The van der Waals surface area contributed by atoms with Gasteiger partial charge in [-0.15, -0.1) is 0 Å². The highest BCUT2D eigenvalue weighted by Crippen LogP contribution is 2.34. The second kappa shape index (κ2) is 6.89. The van der Waals surface area contributed by atoms with Crippen molar-refractivity contribution >= 4 is 31.9 Å². The molecule has 0 aliphatic heterocycles. The molecule has 0 aromatic heterocycles. The maximum absolute atomic E-state index is 5.28. The van der Waals surface area contributed by atoms with Crippen molar-refractivity contribution in [3.8, 4) is 5.75 Å². The van der Waals surface area contributed by atoms with Gasteiger partial charge < -0.3 is 14.8 Å². The van der Waals surface area contributed by atoms with Crippen LogP contribution < -0.4 is 10.1 Å². The predicted molar refractivity (Wildman–Crippen MR) is 81.2 cm³/mol. The van der Waals surface area contributed by atoms with E-state index in [-0.39, 0.29) is 5.54 Å². The van der Waals surface area contributed by atoms with E-state index in [2.05, 4.69) is 63.2 Å². The van der Waals surface area contributed by atoms with E-state index in [1.54, 1.807) is 14.2 Å². The van der Waals surface area contributed by atoms with Gasteiger partial charge in [-0.25, -0.2) is 0 Å². The lowest BCUT2D eigenvalue weighted by atomic mass is 10.1. The average molecular weight is 381 g/mol. The summed E-state index contributed by atoms with van der Waals surface area (Å²) >= 11 is 7.00. The number of benzene rings is 1. The summed E-state index contributed by atoms with van der Waals surface area (Å²) in [6.45, 7) is 5.68. The molecule has 1 aromatic rings. The fraction of sp³-hybridized carbons (Fsp3) is 0.538. The van der Waals surface area contributed by atoms with Crippen molar-refractivity contribution in [3.63, 3.8) is 0 Å². The first-order valence-electron chi connectivity index (χ1n) is 5.65. The molecule has 0 saturated carbocycles. The molecule has 0 amide bonds. The molecule has 1 aromatic carbocycles. The average Bonchev–Trinajstić information content (AvgIpc) is 2.26. The highest BCUT2D eigenvalue weighted by atomic mass is 79.9. The lowest BCUT2D eigenvalue weighted by Gasteiger charge is -2.25. The van der Waals surface area contributed by atoms with Gasteiger partial charge >= 0.3 is 0 Å². The Morgan fingerprint density at radius 3 is 2.17 bits per heavy atom. The van der Waals surface area contributed by atoms with Crippen LogP contribution in [0, 0.1) is 0 Å². The van der Waals surface area contributed by atoms with Crippen LogP contribution >= 0.6 is 31.9 Å². The number of rotatable bonds is 6. The Kier molecular flexibility index (Phi) is 6.11. The molecule has 0 heterocycles. The van der Waals surface area contributed by atoms with Gasteiger partial charge in [0.2, 0.25) is 0 Å². The second-order valence-corrected chi connectivity index (χ2v) is 6.47. The van der Waals surface area contributed by atoms with Gasteiger partial charge in [0.05, 0.1) is 22.7 Å². The first-order valence-corrected chi connectivity index (χ1v) is 7.24. The predicted octanol–water partition coefficient (Wildman–Crippen LogP) is 3.73. The van der Waals surface area contributed by atoms with Gasteiger partial charge in [-0.1, -0.05) is 0 Å². The molecule has 0 saturated heterocycles. The van der Waals surface area contributed by atoms with Crippen molar-refractivity contribution in [1.29, 1.82) is 0 Å². The number of nitrogens with one attached hydrogen (secondary N) is 1. The van der Waals surface area contributed by atoms with E-state index in [1.165, 1.54) is 5.56 Å². The molecule has 0 bridgehead atoms. The summed E-state index contributed by atoms with van der Waals surface area (Å²) in [5.74, 6) is 0.815. The maximum atomic E-state index is 5.28. The lowest BCUT2D eigenvalue weighted by molar-refractivity contribution is 0.127. The minimum atomic E-state index is -0.0480. The van der Waals surface area contributed by atoms with E-state index in [0.717, 1.165) is 21.2 Å². The minimum absolute atomic E-state index is 0.0480. The number of hydrogen-bond acceptors (Lipinski definition) is 3. The van der Waals surface area contributed by atoms with Crippen molar-refractivity contribution in [2.45, 2.75) is 25.9 Å². The third-order valence-electron chi connectivity index (χ3n) is 2.54. The van der Waals surface area contributed by atoms with Crippen molar-refractivity contribution < 1.29 is 9.47 Å². The molecule has 102 valence electrons. The molecule has 0 fully saturated rings. The molecule has 0 radical (unpaired) electrons. The van der Waals surface area contributed by atoms with Gasteiger partial charge in [-0.3, -0.25) is 0 Å². The molecule has 1 N–H and O–H groups in total. The Balaban J connectivity index is 2.75. The van der Waals surface area contributed by atoms with Crippen LogP contribution in [0.3, 0.4) is 0 Å². The molecular formula is C13H19Br2NO2. The van der Waals surface area contributed by atoms with Crippen LogP contribution in [0.1, 0.15) is 19.4 Å². The fourth-order valence-corrected chi connectivity index (χ4v) is 3.27. The third-order valence-corrected chi connectivity index (χ3v) is 3.72. The molecule has 1 rings (SSSR count). The van der Waals surface area contributed by atoms with Gasteiger partial charge in [0.1, 0.15) is 5.75 Å². The Morgan fingerprint density at radius 2 is 1.72 bits per heavy atom. The van der Waals surface area contributed by atoms with E-state index in [1.807, 2.05) is 0 Å². The van der Waals surface area contributed by atoms with E-state index < -0.39 is 0 Å². The largest absolute Gasteiger partial charge is 0.494 e. The topological polar surface area (TPSA) is 30.5 Å². The SMILES string of the molecule is COCC(C)(C)NCc1cc(Br)c(OC)c(Br)c1. The van der Waals surface area contributed by atoms with Crippen LogP contribution in [0.25, 0.3) is 0 Å². The van der Waals surface area contributed by atoms with Crippen LogP contribution in [0.2, 0.25) is 0 Å². The zero-order valence-corrected chi connectivity index (χ0v) is 14.3. The molecular weight excluding hydrogens is 362 g/mol. The lowest BCUT2D eigenvalue weighted by Crippen LogP contribution is -2.42. The molecule has 5 heteroatoms. The molecule has 0 spiro atoms. The zero-order valence-electron chi connectivity index (χ0n) is 11.1. The van der Waals surface area contributed by atoms with Crippen molar-refractivity contribution in [1.82, 2.24) is 5.32 Å². The number of halogens is 2. The normalized spacial score (nSPS) is 11.7. The van der Waals surface area contributed by atoms with Crippen LogP contribution in [-0.2, 0) is 11.3 Å². The van der Waals surface area contributed by atoms with E-state index >= 15 is 0 Å². The third kappa shape index (κ3) is 4.53. The van der Waals surface area contributed by atoms with E-state index in [4.69, 9.17) is 9.47 Å². The van der Waals surface area contributed by atoms with Gasteiger partial charge in [0, 0.05) is 19.2 Å². The first-order chi connectivity index (χ1) is 8.39. The van der Waals surface area contributed by atoms with Crippen LogP contribution in [0.4, 0.5) is 0 Å². The molecule has 3 nitrogen and oxygen atoms in total. The quantitative estimate of drug-likeness (QED) is 0.815. The van der Waals surface area contributed by atoms with Gasteiger partial charge in [0.25, 0.3) is 0 Å². The van der Waals surface area contributed by atoms with Crippen LogP contribution in [0.15, 0.2) is 21.1 Å². The Morgan fingerprint density at radius 1 is 1.17 bits per heavy atom. The standard InChI is InChI=1S/C13H19Br2NO2/c1-13(2,8-17-3)16-7-9-5-10(14)12(18-4)11(15)6-9/h5-6,16H,7-8H2,1-4H3. The summed E-state index contributed by atoms with van der Waals surface area (Å²) in [4.78, 5) is 0. The van der Waals surface area contributed by atoms with Crippen molar-refractivity contribution in [2.24, 2.45) is 0 Å². The summed E-state index contributed by atoms with van der Waals surface area (Å²) in [6, 6.07) is 4.11. The Labute approximate surface area is 125 Å². The maximum Gasteiger partial charge on any atom is 0.147 e. The van der Waals surface area contributed by atoms with Crippen molar-refractivity contribution in [2.75, 3.05) is 20.8 Å². The van der Waals surface area contributed by atoms with Crippen LogP contribution in [-0.4, -0.2) is 26.4 Å². The molecule has 0 aliphatic carbocycles. The van der Waals surface area contributed by atoms with Gasteiger partial charge in [0.15, 0.2) is 0 Å². The molecule has 0 unspecified atom stereocenters. The summed E-state index contributed by atoms with van der Waals surface area (Å²) in [7, 11) is 3.37. The highest BCUT2D eigenvalue weighted by molar-refractivity contribution is 9.11. The molecule has 0 atom stereocenters. The monoisotopic (exact) mass is 379 g/mol. The van der Waals surface area contributed by atoms with Gasteiger partial charge in [-0.2, -0.15) is 0 Å². The van der Waals surface area contributed by atoms with E-state index in [0.29, 0.717) is 6.61 Å². The van der Waals surface area contributed by atoms with E-state index in [9.17, 15) is 0 Å². The first kappa shape index (κ1) is 16.0. The van der Waals surface area contributed by atoms with Crippen molar-refractivity contribution in [3.05, 3.63) is 26.6 Å². The number of ether oxygens (including phenoxy) is 2. The Bertz CT molecular complexity index is 385. The van der Waals surface area contributed by atoms with Gasteiger partial charge in [-0.05, 0) is 63.4 Å². The summed E-state index contributed by atoms with van der Waals surface area (Å²) in [5, 5.41) is 3.46. The second-order valence-electron chi connectivity index (χ2n) is 4.76. The molecule has 18 heavy (non-hydrogen) atoms. The Hall–Kier alpha value is -0.100.